The fraction of sp³-hybridized carbons (Fsp3) is 0.455. The topological polar surface area (TPSA) is 59.1 Å². The SMILES string of the molecule is O=C(NC1CCS(=O)CC1)c1cc(F)cnc1Cl. The molecule has 0 atom stereocenters. The lowest BCUT2D eigenvalue weighted by Crippen LogP contribution is -2.39. The lowest BCUT2D eigenvalue weighted by molar-refractivity contribution is 0.0934. The second-order valence-corrected chi connectivity index (χ2v) is 6.14. The summed E-state index contributed by atoms with van der Waals surface area (Å²) >= 11 is 5.74. The molecule has 0 spiro atoms. The quantitative estimate of drug-likeness (QED) is 0.840. The van der Waals surface area contributed by atoms with E-state index >= 15 is 0 Å². The van der Waals surface area contributed by atoms with Crippen LogP contribution in [0.2, 0.25) is 5.15 Å². The molecule has 1 aliphatic rings. The Morgan fingerprint density at radius 1 is 1.50 bits per heavy atom. The molecule has 1 fully saturated rings. The molecule has 7 heteroatoms. The Hall–Kier alpha value is -1.01. The van der Waals surface area contributed by atoms with Gasteiger partial charge in [0.2, 0.25) is 0 Å². The van der Waals surface area contributed by atoms with Gasteiger partial charge in [-0.2, -0.15) is 0 Å². The van der Waals surface area contributed by atoms with Gasteiger partial charge < -0.3 is 5.32 Å². The first-order chi connectivity index (χ1) is 8.56. The molecule has 1 aliphatic heterocycles. The highest BCUT2D eigenvalue weighted by molar-refractivity contribution is 7.85. The Labute approximate surface area is 111 Å². The van der Waals surface area contributed by atoms with E-state index in [0.29, 0.717) is 24.3 Å². The molecule has 2 heterocycles. The van der Waals surface area contributed by atoms with Crippen LogP contribution in [0.4, 0.5) is 4.39 Å². The molecule has 1 aromatic rings. The van der Waals surface area contributed by atoms with Crippen LogP contribution in [0, 0.1) is 5.82 Å². The molecule has 1 N–H and O–H groups in total. The van der Waals surface area contributed by atoms with Crippen molar-refractivity contribution in [3.05, 3.63) is 28.8 Å². The number of rotatable bonds is 2. The van der Waals surface area contributed by atoms with Gasteiger partial charge >= 0.3 is 0 Å². The highest BCUT2D eigenvalue weighted by atomic mass is 35.5. The first-order valence-electron chi connectivity index (χ1n) is 5.53. The van der Waals surface area contributed by atoms with Gasteiger partial charge in [0.05, 0.1) is 11.8 Å². The van der Waals surface area contributed by atoms with Crippen LogP contribution in [0.5, 0.6) is 0 Å². The van der Waals surface area contributed by atoms with Gasteiger partial charge in [-0.05, 0) is 18.9 Å². The molecule has 18 heavy (non-hydrogen) atoms. The van der Waals surface area contributed by atoms with E-state index in [-0.39, 0.29) is 16.8 Å². The summed E-state index contributed by atoms with van der Waals surface area (Å²) < 4.78 is 24.2. The maximum absolute atomic E-state index is 13.0. The van der Waals surface area contributed by atoms with E-state index in [2.05, 4.69) is 10.3 Å². The van der Waals surface area contributed by atoms with Crippen LogP contribution in [0.15, 0.2) is 12.3 Å². The average Bonchev–Trinajstić information content (AvgIpc) is 2.35. The van der Waals surface area contributed by atoms with E-state index in [1.54, 1.807) is 0 Å². The predicted molar refractivity (Wildman–Crippen MR) is 67.6 cm³/mol. The van der Waals surface area contributed by atoms with Crippen molar-refractivity contribution in [2.75, 3.05) is 11.5 Å². The van der Waals surface area contributed by atoms with Gasteiger partial charge in [0.15, 0.2) is 0 Å². The summed E-state index contributed by atoms with van der Waals surface area (Å²) in [5, 5.41) is 2.74. The summed E-state index contributed by atoms with van der Waals surface area (Å²) in [4.78, 5) is 15.5. The van der Waals surface area contributed by atoms with Gasteiger partial charge in [0.1, 0.15) is 11.0 Å². The van der Waals surface area contributed by atoms with Crippen molar-refractivity contribution < 1.29 is 13.4 Å². The Morgan fingerprint density at radius 3 is 2.83 bits per heavy atom. The first-order valence-corrected chi connectivity index (χ1v) is 7.40. The normalized spacial score (nSPS) is 23.7. The number of carbonyl (C=O) groups excluding carboxylic acids is 1. The molecule has 1 aromatic heterocycles. The summed E-state index contributed by atoms with van der Waals surface area (Å²) in [5.41, 5.74) is 0.0309. The van der Waals surface area contributed by atoms with Crippen molar-refractivity contribution >= 4 is 28.3 Å². The van der Waals surface area contributed by atoms with Gasteiger partial charge in [0, 0.05) is 28.3 Å². The van der Waals surface area contributed by atoms with E-state index < -0.39 is 22.5 Å². The molecule has 2 rings (SSSR count). The van der Waals surface area contributed by atoms with Gasteiger partial charge in [-0.25, -0.2) is 9.37 Å². The van der Waals surface area contributed by atoms with Crippen molar-refractivity contribution in [1.82, 2.24) is 10.3 Å². The lowest BCUT2D eigenvalue weighted by Gasteiger charge is -2.22. The molecule has 1 saturated heterocycles. The zero-order valence-corrected chi connectivity index (χ0v) is 11.1. The van der Waals surface area contributed by atoms with Crippen molar-refractivity contribution in [3.63, 3.8) is 0 Å². The zero-order valence-electron chi connectivity index (χ0n) is 9.49. The molecule has 0 radical (unpaired) electrons. The third kappa shape index (κ3) is 3.26. The third-order valence-corrected chi connectivity index (χ3v) is 4.46. The van der Waals surface area contributed by atoms with Gasteiger partial charge in [0.25, 0.3) is 5.91 Å². The maximum atomic E-state index is 13.0. The van der Waals surface area contributed by atoms with Crippen LogP contribution in [-0.4, -0.2) is 32.6 Å². The minimum Gasteiger partial charge on any atom is -0.349 e. The summed E-state index contributed by atoms with van der Waals surface area (Å²) in [7, 11) is -0.778. The minimum atomic E-state index is -0.778. The largest absolute Gasteiger partial charge is 0.349 e. The fourth-order valence-corrected chi connectivity index (χ4v) is 3.27. The molecule has 0 bridgehead atoms. The molecule has 0 saturated carbocycles. The number of nitrogens with one attached hydrogen (secondary N) is 1. The lowest BCUT2D eigenvalue weighted by atomic mass is 10.1. The van der Waals surface area contributed by atoms with E-state index in [9.17, 15) is 13.4 Å². The number of pyridine rings is 1. The standard InChI is InChI=1S/C11H12ClFN2O2S/c12-10-9(5-7(13)6-14-10)11(16)15-8-1-3-18(17)4-2-8/h5-6,8H,1-4H2,(H,15,16). The van der Waals surface area contributed by atoms with Crippen molar-refractivity contribution in [2.45, 2.75) is 18.9 Å². The predicted octanol–water partition coefficient (Wildman–Crippen LogP) is 1.51. The van der Waals surface area contributed by atoms with Gasteiger partial charge in [-0.3, -0.25) is 9.00 Å². The van der Waals surface area contributed by atoms with Crippen LogP contribution in [-0.2, 0) is 10.8 Å². The van der Waals surface area contributed by atoms with Gasteiger partial charge in [-0.15, -0.1) is 0 Å². The summed E-state index contributed by atoms with van der Waals surface area (Å²) in [5.74, 6) is 0.124. The Balaban J connectivity index is 2.03. The minimum absolute atomic E-state index is 0.0201. The monoisotopic (exact) mass is 290 g/mol. The van der Waals surface area contributed by atoms with Crippen LogP contribution < -0.4 is 5.32 Å². The second kappa shape index (κ2) is 5.75. The maximum Gasteiger partial charge on any atom is 0.254 e. The van der Waals surface area contributed by atoms with Crippen LogP contribution >= 0.6 is 11.6 Å². The van der Waals surface area contributed by atoms with E-state index in [1.807, 2.05) is 0 Å². The van der Waals surface area contributed by atoms with E-state index in [4.69, 9.17) is 11.6 Å². The van der Waals surface area contributed by atoms with Crippen molar-refractivity contribution in [3.8, 4) is 0 Å². The highest BCUT2D eigenvalue weighted by Gasteiger charge is 2.21. The Kier molecular flexibility index (Phi) is 4.29. The van der Waals surface area contributed by atoms with Crippen LogP contribution in [0.1, 0.15) is 23.2 Å². The number of halogens is 2. The van der Waals surface area contributed by atoms with E-state index in [1.165, 1.54) is 0 Å². The zero-order chi connectivity index (χ0) is 13.1. The Bertz CT molecular complexity index is 488. The molecule has 0 unspecified atom stereocenters. The summed E-state index contributed by atoms with van der Waals surface area (Å²) in [6.45, 7) is 0. The van der Waals surface area contributed by atoms with Gasteiger partial charge in [-0.1, -0.05) is 11.6 Å². The number of nitrogens with zero attached hydrogens (tertiary/aromatic N) is 1. The average molecular weight is 291 g/mol. The summed E-state index contributed by atoms with van der Waals surface area (Å²) in [6, 6.07) is 1.03. The second-order valence-electron chi connectivity index (χ2n) is 4.09. The fourth-order valence-electron chi connectivity index (χ4n) is 1.78. The van der Waals surface area contributed by atoms with Crippen molar-refractivity contribution in [2.24, 2.45) is 0 Å². The number of hydrogen-bond donors (Lipinski definition) is 1. The number of hydrogen-bond acceptors (Lipinski definition) is 3. The highest BCUT2D eigenvalue weighted by Crippen LogP contribution is 2.15. The first kappa shape index (κ1) is 13.4. The molecule has 0 aromatic carbocycles. The smallest absolute Gasteiger partial charge is 0.254 e. The number of amides is 1. The van der Waals surface area contributed by atoms with Crippen molar-refractivity contribution in [1.29, 1.82) is 0 Å². The molecule has 4 nitrogen and oxygen atoms in total. The molecular formula is C11H12ClFN2O2S. The Morgan fingerprint density at radius 2 is 2.17 bits per heavy atom. The molecular weight excluding hydrogens is 279 g/mol. The van der Waals surface area contributed by atoms with Crippen LogP contribution in [0.25, 0.3) is 0 Å². The molecule has 0 aliphatic carbocycles. The number of aromatic nitrogens is 1. The van der Waals surface area contributed by atoms with E-state index in [0.717, 1.165) is 12.3 Å². The molecule has 1 amide bonds. The third-order valence-electron chi connectivity index (χ3n) is 2.77. The summed E-state index contributed by atoms with van der Waals surface area (Å²) in [6.07, 6.45) is 2.29. The molecule has 98 valence electrons. The van der Waals surface area contributed by atoms with Crippen LogP contribution in [0.3, 0.4) is 0 Å². The number of carbonyl (C=O) groups is 1.